The second-order valence-corrected chi connectivity index (χ2v) is 9.43. The van der Waals surface area contributed by atoms with Crippen molar-refractivity contribution in [2.24, 2.45) is 0 Å². The summed E-state index contributed by atoms with van der Waals surface area (Å²) in [5, 5.41) is 8.74. The number of amides is 1. The van der Waals surface area contributed by atoms with Crippen LogP contribution in [0.25, 0.3) is 0 Å². The minimum atomic E-state index is 0.199. The van der Waals surface area contributed by atoms with E-state index in [2.05, 4.69) is 26.4 Å². The van der Waals surface area contributed by atoms with E-state index in [0.717, 1.165) is 25.8 Å². The zero-order valence-electron chi connectivity index (χ0n) is 20.2. The number of hydrogen-bond donors (Lipinski definition) is 2. The van der Waals surface area contributed by atoms with E-state index in [1.165, 1.54) is 96.3 Å². The topological polar surface area (TPSA) is 49.3 Å². The molecule has 0 aromatic rings. The number of nitrogens with zero attached hydrogens (tertiary/aromatic N) is 1. The van der Waals surface area contributed by atoms with Gasteiger partial charge in [-0.2, -0.15) is 0 Å². The van der Waals surface area contributed by atoms with Gasteiger partial charge in [-0.3, -0.25) is 4.79 Å². The molecule has 4 nitrogen and oxygen atoms in total. The molecular formula is C25H53N2O2+. The molecule has 4 heteroatoms. The molecule has 29 heavy (non-hydrogen) atoms. The molecule has 0 rings (SSSR count). The SMILES string of the molecule is CCC[N+](C)(C)NC(=O)CCCCCCCCCCCCCCCCCCCO. The van der Waals surface area contributed by atoms with Gasteiger partial charge >= 0.3 is 0 Å². The maximum Gasteiger partial charge on any atom is 0.264 e. The summed E-state index contributed by atoms with van der Waals surface area (Å²) in [5.41, 5.74) is 3.10. The highest BCUT2D eigenvalue weighted by atomic mass is 16.2. The fourth-order valence-electron chi connectivity index (χ4n) is 4.06. The molecule has 0 saturated carbocycles. The largest absolute Gasteiger partial charge is 0.396 e. The summed E-state index contributed by atoms with van der Waals surface area (Å²) < 4.78 is 0.598. The molecule has 0 aliphatic rings. The highest BCUT2D eigenvalue weighted by Crippen LogP contribution is 2.14. The maximum atomic E-state index is 12.0. The second kappa shape index (κ2) is 20.7. The summed E-state index contributed by atoms with van der Waals surface area (Å²) in [6, 6.07) is 0. The van der Waals surface area contributed by atoms with Gasteiger partial charge in [0.05, 0.1) is 14.1 Å². The molecule has 0 bridgehead atoms. The number of carbonyl (C=O) groups is 1. The van der Waals surface area contributed by atoms with Gasteiger partial charge in [0.2, 0.25) is 0 Å². The Labute approximate surface area is 182 Å². The first-order chi connectivity index (χ1) is 14.0. The van der Waals surface area contributed by atoms with Gasteiger partial charge in [-0.25, -0.2) is 10.0 Å². The van der Waals surface area contributed by atoms with Crippen molar-refractivity contribution < 1.29 is 14.5 Å². The zero-order valence-corrected chi connectivity index (χ0v) is 20.2. The smallest absolute Gasteiger partial charge is 0.264 e. The standard InChI is InChI=1S/C25H52N2O2/c1-4-23-27(2,3)26-25(29)22-20-18-16-14-12-10-8-6-5-7-9-11-13-15-17-19-21-24-28/h28H,4-24H2,1-3H3/p+1. The van der Waals surface area contributed by atoms with Crippen LogP contribution in [0.2, 0.25) is 0 Å². The van der Waals surface area contributed by atoms with Gasteiger partial charge in [-0.05, 0) is 19.3 Å². The van der Waals surface area contributed by atoms with Crippen molar-refractivity contribution in [3.63, 3.8) is 0 Å². The number of aliphatic hydroxyl groups excluding tert-OH is 1. The molecular weight excluding hydrogens is 360 g/mol. The van der Waals surface area contributed by atoms with Crippen molar-refractivity contribution in [3.8, 4) is 0 Å². The molecule has 0 aromatic heterocycles. The number of hydrogen-bond acceptors (Lipinski definition) is 2. The summed E-state index contributed by atoms with van der Waals surface area (Å²) in [4.78, 5) is 12.0. The number of carbonyl (C=O) groups excluding carboxylic acids is 1. The Balaban J connectivity index is 3.21. The molecule has 0 fully saturated rings. The Morgan fingerprint density at radius 1 is 0.655 bits per heavy atom. The number of nitrogens with one attached hydrogen (secondary N) is 1. The van der Waals surface area contributed by atoms with Crippen LogP contribution >= 0.6 is 0 Å². The normalized spacial score (nSPS) is 11.7. The molecule has 2 N–H and O–H groups in total. The first-order valence-electron chi connectivity index (χ1n) is 12.8. The van der Waals surface area contributed by atoms with Gasteiger partial charge in [0, 0.05) is 13.0 Å². The van der Waals surface area contributed by atoms with E-state index in [1.807, 2.05) is 0 Å². The average molecular weight is 414 g/mol. The number of aliphatic hydroxyl groups is 1. The van der Waals surface area contributed by atoms with Gasteiger partial charge in [-0.1, -0.05) is 103 Å². The third kappa shape index (κ3) is 21.9. The van der Waals surface area contributed by atoms with Crippen molar-refractivity contribution in [2.75, 3.05) is 27.2 Å². The van der Waals surface area contributed by atoms with Gasteiger partial charge in [0.1, 0.15) is 6.54 Å². The van der Waals surface area contributed by atoms with E-state index in [0.29, 0.717) is 17.6 Å². The van der Waals surface area contributed by atoms with E-state index in [-0.39, 0.29) is 5.91 Å². The van der Waals surface area contributed by atoms with Crippen molar-refractivity contribution in [2.45, 2.75) is 129 Å². The summed E-state index contributed by atoms with van der Waals surface area (Å²) in [6.45, 7) is 3.49. The summed E-state index contributed by atoms with van der Waals surface area (Å²) in [5.74, 6) is 0.199. The van der Waals surface area contributed by atoms with E-state index < -0.39 is 0 Å². The molecule has 0 unspecified atom stereocenters. The van der Waals surface area contributed by atoms with E-state index in [1.54, 1.807) is 0 Å². The molecule has 0 saturated heterocycles. The first-order valence-corrected chi connectivity index (χ1v) is 12.8. The molecule has 0 radical (unpaired) electrons. The van der Waals surface area contributed by atoms with Crippen LogP contribution in [0.5, 0.6) is 0 Å². The predicted molar refractivity (Wildman–Crippen MR) is 126 cm³/mol. The molecule has 0 aromatic carbocycles. The van der Waals surface area contributed by atoms with E-state index in [4.69, 9.17) is 5.11 Å². The quantitative estimate of drug-likeness (QED) is 0.121. The minimum Gasteiger partial charge on any atom is -0.396 e. The lowest BCUT2D eigenvalue weighted by Crippen LogP contribution is -2.54. The molecule has 1 amide bonds. The zero-order chi connectivity index (χ0) is 21.6. The van der Waals surface area contributed by atoms with Gasteiger partial charge in [0.25, 0.3) is 5.91 Å². The minimum absolute atomic E-state index is 0.199. The van der Waals surface area contributed by atoms with Gasteiger partial charge < -0.3 is 5.11 Å². The average Bonchev–Trinajstić information content (AvgIpc) is 2.66. The molecule has 0 aliphatic heterocycles. The first kappa shape index (κ1) is 28.4. The van der Waals surface area contributed by atoms with Crippen LogP contribution in [-0.4, -0.2) is 42.9 Å². The summed E-state index contributed by atoms with van der Waals surface area (Å²) in [7, 11) is 4.12. The highest BCUT2D eigenvalue weighted by Gasteiger charge is 2.16. The van der Waals surface area contributed by atoms with Crippen molar-refractivity contribution >= 4 is 5.91 Å². The van der Waals surface area contributed by atoms with Crippen LogP contribution in [-0.2, 0) is 4.79 Å². The van der Waals surface area contributed by atoms with Crippen molar-refractivity contribution in [1.82, 2.24) is 5.43 Å². The monoisotopic (exact) mass is 413 g/mol. The lowest BCUT2D eigenvalue weighted by Gasteiger charge is -2.28. The Kier molecular flexibility index (Phi) is 20.2. The second-order valence-electron chi connectivity index (χ2n) is 9.43. The predicted octanol–water partition coefficient (Wildman–Crippen LogP) is 6.52. The number of unbranched alkanes of at least 4 members (excludes halogenated alkanes) is 16. The van der Waals surface area contributed by atoms with Crippen LogP contribution in [0, 0.1) is 0 Å². The molecule has 0 heterocycles. The fraction of sp³-hybridized carbons (Fsp3) is 0.960. The summed E-state index contributed by atoms with van der Waals surface area (Å²) >= 11 is 0. The van der Waals surface area contributed by atoms with E-state index in [9.17, 15) is 4.79 Å². The lowest BCUT2D eigenvalue weighted by molar-refractivity contribution is -0.925. The lowest BCUT2D eigenvalue weighted by atomic mass is 10.0. The molecule has 0 aliphatic carbocycles. The van der Waals surface area contributed by atoms with E-state index >= 15 is 0 Å². The molecule has 0 atom stereocenters. The fourth-order valence-corrected chi connectivity index (χ4v) is 4.06. The van der Waals surface area contributed by atoms with Crippen LogP contribution in [0.3, 0.4) is 0 Å². The van der Waals surface area contributed by atoms with Crippen molar-refractivity contribution in [1.29, 1.82) is 0 Å². The third-order valence-corrected chi connectivity index (χ3v) is 5.77. The van der Waals surface area contributed by atoms with Crippen LogP contribution in [0.15, 0.2) is 0 Å². The maximum absolute atomic E-state index is 12.0. The van der Waals surface area contributed by atoms with Crippen LogP contribution < -0.4 is 5.43 Å². The molecule has 174 valence electrons. The van der Waals surface area contributed by atoms with Gasteiger partial charge in [-0.15, -0.1) is 0 Å². The Bertz CT molecular complexity index is 359. The van der Waals surface area contributed by atoms with Crippen molar-refractivity contribution in [3.05, 3.63) is 0 Å². The third-order valence-electron chi connectivity index (χ3n) is 5.77. The number of rotatable bonds is 22. The summed E-state index contributed by atoms with van der Waals surface area (Å²) in [6.07, 6.45) is 23.9. The Morgan fingerprint density at radius 2 is 1.00 bits per heavy atom. The molecule has 0 spiro atoms. The number of quaternary nitrogens is 1. The van der Waals surface area contributed by atoms with Gasteiger partial charge in [0.15, 0.2) is 0 Å². The Morgan fingerprint density at radius 3 is 1.34 bits per heavy atom. The van der Waals surface area contributed by atoms with Crippen LogP contribution in [0.4, 0.5) is 0 Å². The Hall–Kier alpha value is -0.610. The van der Waals surface area contributed by atoms with Crippen LogP contribution in [0.1, 0.15) is 129 Å². The highest BCUT2D eigenvalue weighted by molar-refractivity contribution is 5.74.